The van der Waals surface area contributed by atoms with Crippen molar-refractivity contribution in [1.82, 2.24) is 5.43 Å². The molecular formula is C20H21N3O3. The second-order valence-electron chi connectivity index (χ2n) is 6.25. The van der Waals surface area contributed by atoms with Crippen LogP contribution in [0.25, 0.3) is 0 Å². The van der Waals surface area contributed by atoms with E-state index in [1.165, 1.54) is 0 Å². The molecule has 2 amide bonds. The van der Waals surface area contributed by atoms with Gasteiger partial charge in [0.1, 0.15) is 5.75 Å². The lowest BCUT2D eigenvalue weighted by molar-refractivity contribution is -0.126. The Balaban J connectivity index is 1.58. The van der Waals surface area contributed by atoms with Crippen molar-refractivity contribution in [1.29, 1.82) is 0 Å². The van der Waals surface area contributed by atoms with Crippen LogP contribution in [0, 0.1) is 12.8 Å². The van der Waals surface area contributed by atoms with Gasteiger partial charge in [-0.2, -0.15) is 5.10 Å². The fraction of sp³-hybridized carbons (Fsp3) is 0.250. The highest BCUT2D eigenvalue weighted by molar-refractivity contribution is 6.00. The minimum absolute atomic E-state index is 0.0715. The molecule has 0 bridgehead atoms. The molecule has 1 heterocycles. The van der Waals surface area contributed by atoms with Crippen LogP contribution in [0.1, 0.15) is 17.5 Å². The Morgan fingerprint density at radius 3 is 2.54 bits per heavy atom. The zero-order valence-electron chi connectivity index (χ0n) is 14.8. The van der Waals surface area contributed by atoms with E-state index in [9.17, 15) is 9.59 Å². The van der Waals surface area contributed by atoms with Gasteiger partial charge in [0.15, 0.2) is 0 Å². The molecule has 2 aromatic carbocycles. The second-order valence-corrected chi connectivity index (χ2v) is 6.25. The van der Waals surface area contributed by atoms with Crippen LogP contribution in [0.15, 0.2) is 53.6 Å². The van der Waals surface area contributed by atoms with E-state index < -0.39 is 5.92 Å². The molecule has 0 spiro atoms. The van der Waals surface area contributed by atoms with Crippen molar-refractivity contribution in [2.24, 2.45) is 11.0 Å². The lowest BCUT2D eigenvalue weighted by Crippen LogP contribution is -2.30. The molecule has 1 aliphatic heterocycles. The zero-order valence-corrected chi connectivity index (χ0v) is 14.8. The summed E-state index contributed by atoms with van der Waals surface area (Å²) in [5, 5.41) is 3.99. The number of methoxy groups -OCH3 is 1. The topological polar surface area (TPSA) is 71.0 Å². The molecule has 1 N–H and O–H groups in total. The third kappa shape index (κ3) is 4.08. The van der Waals surface area contributed by atoms with Crippen LogP contribution in [0.4, 0.5) is 5.69 Å². The number of carbonyl (C=O) groups excluding carboxylic acids is 2. The SMILES string of the molecule is COc1ccc(N2C[C@H](C(=O)N/N=C/c3ccc(C)cc3)CC2=O)cc1. The summed E-state index contributed by atoms with van der Waals surface area (Å²) in [7, 11) is 1.59. The molecule has 0 saturated carbocycles. The van der Waals surface area contributed by atoms with Crippen LogP contribution in [-0.2, 0) is 9.59 Å². The Kier molecular flexibility index (Phi) is 5.31. The van der Waals surface area contributed by atoms with Crippen molar-refractivity contribution in [2.75, 3.05) is 18.6 Å². The van der Waals surface area contributed by atoms with Gasteiger partial charge in [-0.05, 0) is 36.8 Å². The number of hydrogen-bond acceptors (Lipinski definition) is 4. The van der Waals surface area contributed by atoms with E-state index in [1.54, 1.807) is 30.4 Å². The largest absolute Gasteiger partial charge is 0.497 e. The summed E-state index contributed by atoms with van der Waals surface area (Å²) in [6.07, 6.45) is 1.77. The van der Waals surface area contributed by atoms with Gasteiger partial charge in [-0.15, -0.1) is 0 Å². The van der Waals surface area contributed by atoms with E-state index in [1.807, 2.05) is 43.3 Å². The Morgan fingerprint density at radius 1 is 1.19 bits per heavy atom. The van der Waals surface area contributed by atoms with Crippen molar-refractivity contribution in [3.63, 3.8) is 0 Å². The summed E-state index contributed by atoms with van der Waals surface area (Å²) in [5.41, 5.74) is 5.35. The average molecular weight is 351 g/mol. The molecule has 1 atom stereocenters. The van der Waals surface area contributed by atoms with Crippen LogP contribution in [0.2, 0.25) is 0 Å². The summed E-state index contributed by atoms with van der Waals surface area (Å²) >= 11 is 0. The highest BCUT2D eigenvalue weighted by Crippen LogP contribution is 2.26. The summed E-state index contributed by atoms with van der Waals surface area (Å²) in [5.74, 6) is -0.0181. The smallest absolute Gasteiger partial charge is 0.245 e. The third-order valence-electron chi connectivity index (χ3n) is 4.35. The summed E-state index contributed by atoms with van der Waals surface area (Å²) in [4.78, 5) is 26.2. The van der Waals surface area contributed by atoms with Crippen LogP contribution >= 0.6 is 0 Å². The first kappa shape index (κ1) is 17.7. The van der Waals surface area contributed by atoms with Gasteiger partial charge >= 0.3 is 0 Å². The van der Waals surface area contributed by atoms with E-state index in [-0.39, 0.29) is 18.2 Å². The Morgan fingerprint density at radius 2 is 1.88 bits per heavy atom. The van der Waals surface area contributed by atoms with Gasteiger partial charge in [0.05, 0.1) is 19.2 Å². The molecule has 0 radical (unpaired) electrons. The first-order valence-electron chi connectivity index (χ1n) is 8.41. The van der Waals surface area contributed by atoms with E-state index in [4.69, 9.17) is 4.74 Å². The number of amides is 2. The van der Waals surface area contributed by atoms with Gasteiger partial charge in [-0.1, -0.05) is 29.8 Å². The van der Waals surface area contributed by atoms with Crippen LogP contribution in [0.5, 0.6) is 5.75 Å². The molecule has 0 aliphatic carbocycles. The van der Waals surface area contributed by atoms with Gasteiger partial charge < -0.3 is 9.64 Å². The average Bonchev–Trinajstić information content (AvgIpc) is 3.05. The van der Waals surface area contributed by atoms with Crippen molar-refractivity contribution in [3.8, 4) is 5.75 Å². The molecule has 6 nitrogen and oxygen atoms in total. The van der Waals surface area contributed by atoms with E-state index in [0.717, 1.165) is 22.6 Å². The quantitative estimate of drug-likeness (QED) is 0.665. The fourth-order valence-electron chi connectivity index (χ4n) is 2.81. The number of benzene rings is 2. The predicted molar refractivity (Wildman–Crippen MR) is 100 cm³/mol. The van der Waals surface area contributed by atoms with E-state index >= 15 is 0 Å². The number of anilines is 1. The number of ether oxygens (including phenoxy) is 1. The third-order valence-corrected chi connectivity index (χ3v) is 4.35. The number of rotatable bonds is 5. The molecule has 0 unspecified atom stereocenters. The van der Waals surface area contributed by atoms with Crippen LogP contribution in [-0.4, -0.2) is 31.7 Å². The molecule has 26 heavy (non-hydrogen) atoms. The van der Waals surface area contributed by atoms with Gasteiger partial charge in [0, 0.05) is 18.7 Å². The van der Waals surface area contributed by atoms with Crippen molar-refractivity contribution in [3.05, 3.63) is 59.7 Å². The van der Waals surface area contributed by atoms with Crippen molar-refractivity contribution < 1.29 is 14.3 Å². The van der Waals surface area contributed by atoms with Gasteiger partial charge in [0.2, 0.25) is 11.8 Å². The normalized spacial score (nSPS) is 16.9. The molecule has 0 aromatic heterocycles. The minimum Gasteiger partial charge on any atom is -0.497 e. The number of nitrogens with one attached hydrogen (secondary N) is 1. The lowest BCUT2D eigenvalue weighted by atomic mass is 10.1. The Bertz CT molecular complexity index is 813. The number of aryl methyl sites for hydroxylation is 1. The zero-order chi connectivity index (χ0) is 18.5. The fourth-order valence-corrected chi connectivity index (χ4v) is 2.81. The second kappa shape index (κ2) is 7.82. The summed E-state index contributed by atoms with van der Waals surface area (Å²) < 4.78 is 5.12. The maximum atomic E-state index is 12.3. The summed E-state index contributed by atoms with van der Waals surface area (Å²) in [6, 6.07) is 15.0. The first-order chi connectivity index (χ1) is 12.6. The van der Waals surface area contributed by atoms with Gasteiger partial charge in [-0.3, -0.25) is 9.59 Å². The van der Waals surface area contributed by atoms with Gasteiger partial charge in [0.25, 0.3) is 0 Å². The lowest BCUT2D eigenvalue weighted by Gasteiger charge is -2.16. The molecule has 1 aliphatic rings. The molecule has 1 saturated heterocycles. The number of hydrazone groups is 1. The molecule has 134 valence electrons. The maximum Gasteiger partial charge on any atom is 0.245 e. The van der Waals surface area contributed by atoms with Crippen LogP contribution in [0.3, 0.4) is 0 Å². The van der Waals surface area contributed by atoms with Gasteiger partial charge in [-0.25, -0.2) is 5.43 Å². The molecule has 3 rings (SSSR count). The standard InChI is InChI=1S/C20H21N3O3/c1-14-3-5-15(6-4-14)12-21-22-20(25)16-11-19(24)23(13-16)17-7-9-18(26-2)10-8-17/h3-10,12,16H,11,13H2,1-2H3,(H,22,25)/b21-12+/t16-/m1/s1. The monoisotopic (exact) mass is 351 g/mol. The first-order valence-corrected chi connectivity index (χ1v) is 8.41. The van der Waals surface area contributed by atoms with E-state index in [0.29, 0.717) is 6.54 Å². The highest BCUT2D eigenvalue weighted by Gasteiger charge is 2.35. The van der Waals surface area contributed by atoms with E-state index in [2.05, 4.69) is 10.5 Å². The number of nitrogens with zero attached hydrogens (tertiary/aromatic N) is 2. The molecular weight excluding hydrogens is 330 g/mol. The maximum absolute atomic E-state index is 12.3. The minimum atomic E-state index is -0.417. The van der Waals surface area contributed by atoms with Crippen molar-refractivity contribution >= 4 is 23.7 Å². The molecule has 1 fully saturated rings. The molecule has 2 aromatic rings. The van der Waals surface area contributed by atoms with Crippen LogP contribution < -0.4 is 15.1 Å². The summed E-state index contributed by atoms with van der Waals surface area (Å²) in [6.45, 7) is 2.35. The Hall–Kier alpha value is -3.15. The predicted octanol–water partition coefficient (Wildman–Crippen LogP) is 2.51. The van der Waals surface area contributed by atoms with Crippen molar-refractivity contribution in [2.45, 2.75) is 13.3 Å². The molecule has 6 heteroatoms. The number of hydrogen-bond donors (Lipinski definition) is 1. The number of carbonyl (C=O) groups is 2. The Labute approximate surface area is 152 Å². The highest BCUT2D eigenvalue weighted by atomic mass is 16.5.